The maximum atomic E-state index is 12.2. The molecule has 6 heteroatoms. The van der Waals surface area contributed by atoms with E-state index in [0.717, 1.165) is 18.4 Å². The highest BCUT2D eigenvalue weighted by Gasteiger charge is 2.24. The summed E-state index contributed by atoms with van der Waals surface area (Å²) in [6.07, 6.45) is 3.31. The predicted molar refractivity (Wildman–Crippen MR) is 85.9 cm³/mol. The van der Waals surface area contributed by atoms with Crippen LogP contribution in [-0.4, -0.2) is 40.3 Å². The Hall–Kier alpha value is -2.63. The summed E-state index contributed by atoms with van der Waals surface area (Å²) in [4.78, 5) is 14.0. The molecule has 3 rings (SSSR count). The molecule has 1 aromatic carbocycles. The van der Waals surface area contributed by atoms with Crippen LogP contribution in [-0.2, 0) is 6.54 Å². The Balaban J connectivity index is 1.42. The third-order valence-electron chi connectivity index (χ3n) is 3.85. The summed E-state index contributed by atoms with van der Waals surface area (Å²) < 4.78 is 5.78. The van der Waals surface area contributed by atoms with Crippen LogP contribution in [0.4, 0.5) is 4.79 Å². The molecule has 1 aliphatic heterocycles. The first-order valence-electron chi connectivity index (χ1n) is 7.82. The zero-order chi connectivity index (χ0) is 15.9. The molecule has 0 radical (unpaired) electrons. The van der Waals surface area contributed by atoms with Gasteiger partial charge in [-0.15, -0.1) is 5.10 Å². The van der Waals surface area contributed by atoms with Crippen molar-refractivity contribution in [2.24, 2.45) is 0 Å². The van der Waals surface area contributed by atoms with E-state index >= 15 is 0 Å². The molecule has 0 unspecified atom stereocenters. The van der Waals surface area contributed by atoms with Gasteiger partial charge in [-0.2, -0.15) is 5.10 Å². The quantitative estimate of drug-likeness (QED) is 0.940. The van der Waals surface area contributed by atoms with Crippen molar-refractivity contribution in [3.8, 4) is 5.88 Å². The van der Waals surface area contributed by atoms with E-state index in [1.54, 1.807) is 18.3 Å². The van der Waals surface area contributed by atoms with Crippen molar-refractivity contribution in [1.29, 1.82) is 0 Å². The van der Waals surface area contributed by atoms with Gasteiger partial charge >= 0.3 is 6.03 Å². The number of rotatable bonds is 4. The molecule has 0 aliphatic carbocycles. The van der Waals surface area contributed by atoms with Crippen molar-refractivity contribution >= 4 is 6.03 Å². The minimum Gasteiger partial charge on any atom is -0.473 e. The fraction of sp³-hybridized carbons (Fsp3) is 0.353. The summed E-state index contributed by atoms with van der Waals surface area (Å²) in [5.74, 6) is 0.541. The number of hydrogen-bond acceptors (Lipinski definition) is 4. The molecule has 1 fully saturated rings. The van der Waals surface area contributed by atoms with Crippen molar-refractivity contribution in [2.75, 3.05) is 13.1 Å². The van der Waals surface area contributed by atoms with Crippen molar-refractivity contribution in [2.45, 2.75) is 25.5 Å². The van der Waals surface area contributed by atoms with Gasteiger partial charge in [-0.1, -0.05) is 30.3 Å². The number of nitrogens with zero attached hydrogens (tertiary/aromatic N) is 3. The Morgan fingerprint density at radius 3 is 2.65 bits per heavy atom. The van der Waals surface area contributed by atoms with Crippen LogP contribution in [0.15, 0.2) is 48.7 Å². The molecule has 2 aromatic rings. The minimum atomic E-state index is -0.0215. The maximum Gasteiger partial charge on any atom is 0.317 e. The van der Waals surface area contributed by atoms with E-state index in [-0.39, 0.29) is 12.1 Å². The Morgan fingerprint density at radius 2 is 1.96 bits per heavy atom. The molecule has 2 heterocycles. The smallest absolute Gasteiger partial charge is 0.317 e. The molecule has 0 saturated carbocycles. The van der Waals surface area contributed by atoms with Gasteiger partial charge in [0.2, 0.25) is 5.88 Å². The van der Waals surface area contributed by atoms with Crippen LogP contribution in [0.1, 0.15) is 18.4 Å². The molecule has 1 saturated heterocycles. The highest BCUT2D eigenvalue weighted by Crippen LogP contribution is 2.16. The Morgan fingerprint density at radius 1 is 1.17 bits per heavy atom. The van der Waals surface area contributed by atoms with Gasteiger partial charge in [-0.25, -0.2) is 4.79 Å². The number of urea groups is 1. The first-order valence-corrected chi connectivity index (χ1v) is 7.82. The number of aromatic nitrogens is 2. The Bertz CT molecular complexity index is 613. The van der Waals surface area contributed by atoms with E-state index in [4.69, 9.17) is 4.74 Å². The SMILES string of the molecule is O=C(NCc1ccccc1)N1CCC(Oc2cccnn2)CC1. The van der Waals surface area contributed by atoms with Crippen LogP contribution < -0.4 is 10.1 Å². The van der Waals surface area contributed by atoms with Crippen LogP contribution in [0.2, 0.25) is 0 Å². The molecule has 2 amide bonds. The van der Waals surface area contributed by atoms with E-state index < -0.39 is 0 Å². The van der Waals surface area contributed by atoms with E-state index in [2.05, 4.69) is 15.5 Å². The molecule has 0 bridgehead atoms. The van der Waals surface area contributed by atoms with Gasteiger partial charge in [-0.3, -0.25) is 0 Å². The summed E-state index contributed by atoms with van der Waals surface area (Å²) in [7, 11) is 0. The molecule has 1 aliphatic rings. The van der Waals surface area contributed by atoms with Crippen LogP contribution in [0.5, 0.6) is 5.88 Å². The lowest BCUT2D eigenvalue weighted by atomic mass is 10.1. The van der Waals surface area contributed by atoms with Crippen molar-refractivity contribution < 1.29 is 9.53 Å². The van der Waals surface area contributed by atoms with Crippen molar-refractivity contribution in [1.82, 2.24) is 20.4 Å². The molecular formula is C17H20N4O2. The van der Waals surface area contributed by atoms with Crippen molar-refractivity contribution in [3.05, 3.63) is 54.2 Å². The third-order valence-corrected chi connectivity index (χ3v) is 3.85. The second-order valence-corrected chi connectivity index (χ2v) is 5.51. The predicted octanol–water partition coefficient (Wildman–Crippen LogP) is 2.23. The topological polar surface area (TPSA) is 67.4 Å². The average molecular weight is 312 g/mol. The minimum absolute atomic E-state index is 0.0215. The second kappa shape index (κ2) is 7.58. The first-order chi connectivity index (χ1) is 11.3. The summed E-state index contributed by atoms with van der Waals surface area (Å²) in [6.45, 7) is 1.92. The fourth-order valence-electron chi connectivity index (χ4n) is 2.58. The maximum absolute atomic E-state index is 12.2. The van der Waals surface area contributed by atoms with Gasteiger partial charge in [0.25, 0.3) is 0 Å². The summed E-state index contributed by atoms with van der Waals surface area (Å²) in [6, 6.07) is 13.5. The number of carbonyl (C=O) groups excluding carboxylic acids is 1. The number of hydrogen-bond donors (Lipinski definition) is 1. The third kappa shape index (κ3) is 4.42. The molecule has 0 spiro atoms. The Labute approximate surface area is 135 Å². The molecule has 0 atom stereocenters. The number of piperidine rings is 1. The lowest BCUT2D eigenvalue weighted by molar-refractivity contribution is 0.106. The van der Waals surface area contributed by atoms with E-state index in [9.17, 15) is 4.79 Å². The summed E-state index contributed by atoms with van der Waals surface area (Å²) >= 11 is 0. The van der Waals surface area contributed by atoms with Crippen LogP contribution in [0.3, 0.4) is 0 Å². The molecule has 1 N–H and O–H groups in total. The van der Waals surface area contributed by atoms with Crippen LogP contribution in [0, 0.1) is 0 Å². The van der Waals surface area contributed by atoms with Gasteiger partial charge in [0.1, 0.15) is 6.10 Å². The van der Waals surface area contributed by atoms with E-state index in [1.165, 1.54) is 0 Å². The number of carbonyl (C=O) groups is 1. The highest BCUT2D eigenvalue weighted by molar-refractivity contribution is 5.74. The standard InChI is InChI=1S/C17H20N4O2/c22-17(18-13-14-5-2-1-3-6-14)21-11-8-15(9-12-21)23-16-7-4-10-19-20-16/h1-7,10,15H,8-9,11-13H2,(H,18,22). The van der Waals surface area contributed by atoms with Gasteiger partial charge in [0.05, 0.1) is 0 Å². The summed E-state index contributed by atoms with van der Waals surface area (Å²) in [5.41, 5.74) is 1.10. The Kier molecular flexibility index (Phi) is 5.03. The average Bonchev–Trinajstić information content (AvgIpc) is 2.62. The van der Waals surface area contributed by atoms with Crippen LogP contribution in [0.25, 0.3) is 0 Å². The van der Waals surface area contributed by atoms with E-state index in [0.29, 0.717) is 25.5 Å². The zero-order valence-corrected chi connectivity index (χ0v) is 12.9. The summed E-state index contributed by atoms with van der Waals surface area (Å²) in [5, 5.41) is 10.7. The number of amides is 2. The molecule has 1 aromatic heterocycles. The van der Waals surface area contributed by atoms with Gasteiger partial charge in [0, 0.05) is 44.7 Å². The number of ether oxygens (including phenoxy) is 1. The monoisotopic (exact) mass is 312 g/mol. The van der Waals surface area contributed by atoms with Crippen molar-refractivity contribution in [3.63, 3.8) is 0 Å². The molecule has 120 valence electrons. The molecule has 6 nitrogen and oxygen atoms in total. The zero-order valence-electron chi connectivity index (χ0n) is 12.9. The second-order valence-electron chi connectivity index (χ2n) is 5.51. The lowest BCUT2D eigenvalue weighted by Crippen LogP contribution is -2.46. The van der Waals surface area contributed by atoms with E-state index in [1.807, 2.05) is 35.2 Å². The van der Waals surface area contributed by atoms with Gasteiger partial charge in [0.15, 0.2) is 0 Å². The van der Waals surface area contributed by atoms with Crippen LogP contribution >= 0.6 is 0 Å². The normalized spacial score (nSPS) is 15.2. The molecule has 23 heavy (non-hydrogen) atoms. The molecular weight excluding hydrogens is 292 g/mol. The first kappa shape index (κ1) is 15.3. The fourth-order valence-corrected chi connectivity index (χ4v) is 2.58. The van der Waals surface area contributed by atoms with Gasteiger partial charge in [-0.05, 0) is 11.6 Å². The highest BCUT2D eigenvalue weighted by atomic mass is 16.5. The largest absolute Gasteiger partial charge is 0.473 e. The number of nitrogens with one attached hydrogen (secondary N) is 1. The van der Waals surface area contributed by atoms with Gasteiger partial charge < -0.3 is 15.0 Å². The lowest BCUT2D eigenvalue weighted by Gasteiger charge is -2.31. The number of benzene rings is 1. The number of likely N-dealkylation sites (tertiary alicyclic amines) is 1.